The van der Waals surface area contributed by atoms with Gasteiger partial charge in [-0.2, -0.15) is 0 Å². The van der Waals surface area contributed by atoms with Crippen LogP contribution >= 0.6 is 0 Å². The summed E-state index contributed by atoms with van der Waals surface area (Å²) in [6.07, 6.45) is -0.793. The van der Waals surface area contributed by atoms with Crippen LogP contribution < -0.4 is 0 Å². The Morgan fingerprint density at radius 1 is 1.56 bits per heavy atom. The van der Waals surface area contributed by atoms with Gasteiger partial charge in [-0.05, 0) is 6.92 Å². The Morgan fingerprint density at radius 2 is 2.22 bits per heavy atom. The molecule has 0 rings (SSSR count). The smallest absolute Gasteiger partial charge is 0.434 e. The lowest BCUT2D eigenvalue weighted by molar-refractivity contribution is 0.0500. The van der Waals surface area contributed by atoms with E-state index >= 15 is 0 Å². The van der Waals surface area contributed by atoms with Crippen molar-refractivity contribution in [1.82, 2.24) is 0 Å². The van der Waals surface area contributed by atoms with Crippen LogP contribution in [0.25, 0.3) is 0 Å². The van der Waals surface area contributed by atoms with Gasteiger partial charge in [0.2, 0.25) is 0 Å². The minimum Gasteiger partial charge on any atom is -0.434 e. The van der Waals surface area contributed by atoms with Crippen molar-refractivity contribution in [3.63, 3.8) is 0 Å². The summed E-state index contributed by atoms with van der Waals surface area (Å²) in [5.41, 5.74) is 0. The molecule has 0 amide bonds. The first-order chi connectivity index (χ1) is 4.31. The standard InChI is InChI=1S/C5H9O4/c1-2-8-5(7)9-4-3-6/h6H,1-4H2. The maximum absolute atomic E-state index is 10.2. The molecule has 53 valence electrons. The third-order valence-corrected chi connectivity index (χ3v) is 0.531. The number of carbonyl (C=O) groups is 1. The average molecular weight is 133 g/mol. The van der Waals surface area contributed by atoms with Crippen molar-refractivity contribution in [2.75, 3.05) is 19.8 Å². The van der Waals surface area contributed by atoms with E-state index in [1.165, 1.54) is 0 Å². The molecule has 0 aliphatic rings. The minimum atomic E-state index is -0.793. The first-order valence-corrected chi connectivity index (χ1v) is 2.51. The van der Waals surface area contributed by atoms with Crippen molar-refractivity contribution in [3.8, 4) is 0 Å². The van der Waals surface area contributed by atoms with E-state index in [0.29, 0.717) is 0 Å². The number of aliphatic hydroxyl groups is 1. The summed E-state index contributed by atoms with van der Waals surface area (Å²) in [4.78, 5) is 10.2. The third-order valence-electron chi connectivity index (χ3n) is 0.531. The Balaban J connectivity index is 3.06. The van der Waals surface area contributed by atoms with Gasteiger partial charge in [0.1, 0.15) is 6.61 Å². The molecule has 0 saturated carbocycles. The number of aliphatic hydroxyl groups excluding tert-OH is 1. The van der Waals surface area contributed by atoms with Gasteiger partial charge in [0.15, 0.2) is 0 Å². The molecule has 1 N–H and O–H groups in total. The first kappa shape index (κ1) is 8.23. The molecule has 0 aromatic rings. The van der Waals surface area contributed by atoms with Gasteiger partial charge in [0, 0.05) is 0 Å². The number of carbonyl (C=O) groups excluding carboxylic acids is 1. The summed E-state index contributed by atoms with van der Waals surface area (Å²) in [5.74, 6) is 0. The fourth-order valence-corrected chi connectivity index (χ4v) is 0.254. The summed E-state index contributed by atoms with van der Waals surface area (Å²) in [6.45, 7) is 3.08. The highest BCUT2D eigenvalue weighted by atomic mass is 16.7. The molecule has 0 atom stereocenters. The van der Waals surface area contributed by atoms with E-state index in [4.69, 9.17) is 5.11 Å². The lowest BCUT2D eigenvalue weighted by Crippen LogP contribution is -2.09. The highest BCUT2D eigenvalue weighted by molar-refractivity contribution is 5.59. The maximum Gasteiger partial charge on any atom is 0.508 e. The molecule has 0 saturated heterocycles. The molecule has 0 heterocycles. The van der Waals surface area contributed by atoms with Crippen LogP contribution in [0.5, 0.6) is 0 Å². The number of ether oxygens (including phenoxy) is 2. The molecule has 0 fully saturated rings. The Morgan fingerprint density at radius 3 is 2.67 bits per heavy atom. The van der Waals surface area contributed by atoms with Gasteiger partial charge in [-0.15, -0.1) is 0 Å². The van der Waals surface area contributed by atoms with Crippen molar-refractivity contribution >= 4 is 6.16 Å². The van der Waals surface area contributed by atoms with Crippen LogP contribution in [0.2, 0.25) is 0 Å². The second kappa shape index (κ2) is 5.37. The highest BCUT2D eigenvalue weighted by Crippen LogP contribution is 1.82. The number of hydrogen-bond acceptors (Lipinski definition) is 4. The molecule has 4 nitrogen and oxygen atoms in total. The SMILES string of the molecule is [CH2]COC(=O)OCCO. The van der Waals surface area contributed by atoms with Crippen molar-refractivity contribution in [3.05, 3.63) is 6.92 Å². The van der Waals surface area contributed by atoms with E-state index in [9.17, 15) is 4.79 Å². The quantitative estimate of drug-likeness (QED) is 0.549. The fourth-order valence-electron chi connectivity index (χ4n) is 0.254. The fraction of sp³-hybridized carbons (Fsp3) is 0.600. The molecule has 0 aromatic heterocycles. The Labute approximate surface area is 53.4 Å². The summed E-state index contributed by atoms with van der Waals surface area (Å²) >= 11 is 0. The van der Waals surface area contributed by atoms with Crippen LogP contribution in [0, 0.1) is 6.92 Å². The van der Waals surface area contributed by atoms with Crippen LogP contribution in [0.3, 0.4) is 0 Å². The topological polar surface area (TPSA) is 55.8 Å². The van der Waals surface area contributed by atoms with Gasteiger partial charge in [0.05, 0.1) is 13.2 Å². The van der Waals surface area contributed by atoms with E-state index in [2.05, 4.69) is 16.4 Å². The number of hydrogen-bond donors (Lipinski definition) is 1. The minimum absolute atomic E-state index is 0.0289. The molecule has 9 heavy (non-hydrogen) atoms. The molecule has 1 radical (unpaired) electrons. The molecular weight excluding hydrogens is 124 g/mol. The van der Waals surface area contributed by atoms with Crippen molar-refractivity contribution < 1.29 is 19.4 Å². The van der Waals surface area contributed by atoms with Crippen LogP contribution in [-0.2, 0) is 9.47 Å². The maximum atomic E-state index is 10.2. The van der Waals surface area contributed by atoms with E-state index < -0.39 is 6.16 Å². The summed E-state index contributed by atoms with van der Waals surface area (Å²) in [7, 11) is 0. The molecule has 0 aromatic carbocycles. The predicted octanol–water partition coefficient (Wildman–Crippen LogP) is -0.0340. The molecular formula is C5H9O4. The average Bonchev–Trinajstić information content (AvgIpc) is 1.85. The van der Waals surface area contributed by atoms with Gasteiger partial charge in [0.25, 0.3) is 0 Å². The molecule has 0 unspecified atom stereocenters. The summed E-state index contributed by atoms with van der Waals surface area (Å²) in [6, 6.07) is 0. The lowest BCUT2D eigenvalue weighted by atomic mass is 10.8. The van der Waals surface area contributed by atoms with Crippen molar-refractivity contribution in [2.45, 2.75) is 0 Å². The predicted molar refractivity (Wildman–Crippen MR) is 29.7 cm³/mol. The van der Waals surface area contributed by atoms with Crippen molar-refractivity contribution in [1.29, 1.82) is 0 Å². The highest BCUT2D eigenvalue weighted by Gasteiger charge is 1.98. The van der Waals surface area contributed by atoms with Gasteiger partial charge < -0.3 is 14.6 Å². The van der Waals surface area contributed by atoms with E-state index in [0.717, 1.165) is 0 Å². The molecule has 0 spiro atoms. The molecule has 4 heteroatoms. The zero-order valence-corrected chi connectivity index (χ0v) is 5.00. The van der Waals surface area contributed by atoms with Crippen LogP contribution in [-0.4, -0.2) is 31.1 Å². The zero-order chi connectivity index (χ0) is 7.11. The second-order valence-corrected chi connectivity index (χ2v) is 1.17. The summed E-state index contributed by atoms with van der Waals surface area (Å²) in [5, 5.41) is 8.13. The third kappa shape index (κ3) is 5.10. The molecule has 0 bridgehead atoms. The first-order valence-electron chi connectivity index (χ1n) is 2.51. The van der Waals surface area contributed by atoms with Gasteiger partial charge in [-0.25, -0.2) is 4.79 Å². The lowest BCUT2D eigenvalue weighted by Gasteiger charge is -2.00. The Hall–Kier alpha value is -0.770. The molecule has 0 aliphatic heterocycles. The summed E-state index contributed by atoms with van der Waals surface area (Å²) < 4.78 is 8.54. The van der Waals surface area contributed by atoms with Gasteiger partial charge in [-0.3, -0.25) is 0 Å². The van der Waals surface area contributed by atoms with Gasteiger partial charge in [-0.1, -0.05) is 0 Å². The van der Waals surface area contributed by atoms with Gasteiger partial charge >= 0.3 is 6.16 Å². The Kier molecular flexibility index (Phi) is 4.91. The van der Waals surface area contributed by atoms with Crippen molar-refractivity contribution in [2.24, 2.45) is 0 Å². The van der Waals surface area contributed by atoms with Crippen LogP contribution in [0.15, 0.2) is 0 Å². The monoisotopic (exact) mass is 133 g/mol. The number of rotatable bonds is 3. The van der Waals surface area contributed by atoms with E-state index in [1.54, 1.807) is 0 Å². The van der Waals surface area contributed by atoms with E-state index in [-0.39, 0.29) is 19.8 Å². The molecule has 0 aliphatic carbocycles. The Bertz CT molecular complexity index is 81.0. The normalized spacial score (nSPS) is 8.67. The second-order valence-electron chi connectivity index (χ2n) is 1.17. The zero-order valence-electron chi connectivity index (χ0n) is 5.00. The van der Waals surface area contributed by atoms with E-state index in [1.807, 2.05) is 0 Å². The van der Waals surface area contributed by atoms with Crippen LogP contribution in [0.4, 0.5) is 4.79 Å². The largest absolute Gasteiger partial charge is 0.508 e. The van der Waals surface area contributed by atoms with Crippen LogP contribution in [0.1, 0.15) is 0 Å².